The lowest BCUT2D eigenvalue weighted by Crippen LogP contribution is -2.61. The minimum Gasteiger partial charge on any atom is -0.480 e. The molecule has 0 aromatic carbocycles. The van der Waals surface area contributed by atoms with Crippen LogP contribution in [-0.4, -0.2) is 65.3 Å². The molecule has 0 atom stereocenters. The molecule has 1 N–H and O–H groups in total. The van der Waals surface area contributed by atoms with Gasteiger partial charge in [0.15, 0.2) is 0 Å². The third kappa shape index (κ3) is 3.62. The van der Waals surface area contributed by atoms with Crippen molar-refractivity contribution in [1.29, 1.82) is 0 Å². The van der Waals surface area contributed by atoms with Crippen molar-refractivity contribution < 1.29 is 19.4 Å². The minimum atomic E-state index is -0.772. The predicted octanol–water partition coefficient (Wildman–Crippen LogP) is 1.40. The summed E-state index contributed by atoms with van der Waals surface area (Å²) in [6.45, 7) is 8.80. The Morgan fingerprint density at radius 1 is 1.20 bits per heavy atom. The molecule has 2 saturated heterocycles. The van der Waals surface area contributed by atoms with E-state index in [0.717, 1.165) is 25.9 Å². The monoisotopic (exact) mass is 284 g/mol. The number of ether oxygens (including phenoxy) is 1. The Kier molecular flexibility index (Phi) is 3.95. The molecule has 114 valence electrons. The number of amides is 1. The summed E-state index contributed by atoms with van der Waals surface area (Å²) in [7, 11) is 0. The highest BCUT2D eigenvalue weighted by Gasteiger charge is 2.46. The maximum Gasteiger partial charge on any atom is 0.410 e. The van der Waals surface area contributed by atoms with Gasteiger partial charge in [0, 0.05) is 26.2 Å². The van der Waals surface area contributed by atoms with Crippen molar-refractivity contribution in [3.63, 3.8) is 0 Å². The maximum atomic E-state index is 12.0. The molecule has 2 aliphatic rings. The molecule has 2 fully saturated rings. The molecule has 0 aliphatic carbocycles. The van der Waals surface area contributed by atoms with Gasteiger partial charge in [0.2, 0.25) is 0 Å². The topological polar surface area (TPSA) is 70.1 Å². The van der Waals surface area contributed by atoms with E-state index in [9.17, 15) is 9.59 Å². The van der Waals surface area contributed by atoms with Crippen LogP contribution in [0.1, 0.15) is 33.6 Å². The molecule has 0 bridgehead atoms. The second kappa shape index (κ2) is 5.24. The number of likely N-dealkylation sites (tertiary alicyclic amines) is 2. The van der Waals surface area contributed by atoms with Gasteiger partial charge in [-0.2, -0.15) is 0 Å². The minimum absolute atomic E-state index is 0.123. The third-order valence-corrected chi connectivity index (χ3v) is 3.95. The van der Waals surface area contributed by atoms with Crippen molar-refractivity contribution in [2.45, 2.75) is 39.2 Å². The molecule has 0 aromatic heterocycles. The Morgan fingerprint density at radius 3 is 2.20 bits per heavy atom. The number of piperidine rings is 1. The Balaban J connectivity index is 1.76. The first kappa shape index (κ1) is 15.1. The van der Waals surface area contributed by atoms with Crippen molar-refractivity contribution >= 4 is 12.1 Å². The van der Waals surface area contributed by atoms with Crippen LogP contribution in [0.3, 0.4) is 0 Å². The molecule has 6 nitrogen and oxygen atoms in total. The molecule has 1 amide bonds. The van der Waals surface area contributed by atoms with E-state index in [1.54, 1.807) is 4.90 Å². The standard InChI is InChI=1S/C14H24N2O4/c1-13(2,3)20-12(19)16-6-4-14(5-7-16)9-15(10-14)8-11(17)18/h4-10H2,1-3H3,(H,17,18). The predicted molar refractivity (Wildman–Crippen MR) is 73.5 cm³/mol. The van der Waals surface area contributed by atoms with E-state index in [1.165, 1.54) is 0 Å². The summed E-state index contributed by atoms with van der Waals surface area (Å²) in [6, 6.07) is 0. The number of rotatable bonds is 2. The lowest BCUT2D eigenvalue weighted by Gasteiger charge is -2.53. The van der Waals surface area contributed by atoms with Gasteiger partial charge in [0.05, 0.1) is 6.54 Å². The van der Waals surface area contributed by atoms with E-state index < -0.39 is 11.6 Å². The van der Waals surface area contributed by atoms with Gasteiger partial charge in [0.25, 0.3) is 0 Å². The van der Waals surface area contributed by atoms with Gasteiger partial charge in [-0.15, -0.1) is 0 Å². The summed E-state index contributed by atoms with van der Waals surface area (Å²) in [5.74, 6) is -0.772. The van der Waals surface area contributed by atoms with E-state index in [2.05, 4.69) is 0 Å². The normalized spacial score (nSPS) is 22.4. The quantitative estimate of drug-likeness (QED) is 0.830. The van der Waals surface area contributed by atoms with Crippen molar-refractivity contribution in [3.8, 4) is 0 Å². The number of hydrogen-bond acceptors (Lipinski definition) is 4. The summed E-state index contributed by atoms with van der Waals surface area (Å²) >= 11 is 0. The van der Waals surface area contributed by atoms with E-state index in [1.807, 2.05) is 25.7 Å². The van der Waals surface area contributed by atoms with Crippen LogP contribution >= 0.6 is 0 Å². The van der Waals surface area contributed by atoms with E-state index in [0.29, 0.717) is 13.1 Å². The van der Waals surface area contributed by atoms with Crippen LogP contribution in [-0.2, 0) is 9.53 Å². The molecule has 1 spiro atoms. The lowest BCUT2D eigenvalue weighted by molar-refractivity contribution is -0.143. The van der Waals surface area contributed by atoms with E-state index in [-0.39, 0.29) is 18.1 Å². The number of carbonyl (C=O) groups excluding carboxylic acids is 1. The number of nitrogens with zero attached hydrogens (tertiary/aromatic N) is 2. The third-order valence-electron chi connectivity index (χ3n) is 3.95. The average molecular weight is 284 g/mol. The van der Waals surface area contributed by atoms with Gasteiger partial charge in [-0.25, -0.2) is 4.79 Å². The molecular formula is C14H24N2O4. The summed E-state index contributed by atoms with van der Waals surface area (Å²) in [6.07, 6.45) is 1.62. The highest BCUT2D eigenvalue weighted by molar-refractivity contribution is 5.69. The molecule has 0 radical (unpaired) electrons. The smallest absolute Gasteiger partial charge is 0.410 e. The Bertz CT molecular complexity index is 386. The van der Waals surface area contributed by atoms with Crippen LogP contribution < -0.4 is 0 Å². The fraction of sp³-hybridized carbons (Fsp3) is 0.857. The van der Waals surface area contributed by atoms with Gasteiger partial charge >= 0.3 is 12.1 Å². The number of hydrogen-bond donors (Lipinski definition) is 1. The van der Waals surface area contributed by atoms with Gasteiger partial charge in [-0.1, -0.05) is 0 Å². The first-order chi connectivity index (χ1) is 9.19. The van der Waals surface area contributed by atoms with Crippen LogP contribution in [0.5, 0.6) is 0 Å². The number of carboxylic acids is 1. The number of carbonyl (C=O) groups is 2. The van der Waals surface area contributed by atoms with Gasteiger partial charge in [-0.05, 0) is 39.0 Å². The molecule has 0 aromatic rings. The zero-order chi connectivity index (χ0) is 15.0. The molecule has 2 aliphatic heterocycles. The van der Waals surface area contributed by atoms with Crippen LogP contribution in [0, 0.1) is 5.41 Å². The Labute approximate surface area is 119 Å². The highest BCUT2D eigenvalue weighted by atomic mass is 16.6. The second-order valence-electron chi connectivity index (χ2n) is 7.01. The number of carboxylic acid groups (broad SMARTS) is 1. The van der Waals surface area contributed by atoms with Crippen molar-refractivity contribution in [1.82, 2.24) is 9.80 Å². The molecule has 0 unspecified atom stereocenters. The first-order valence-electron chi connectivity index (χ1n) is 7.11. The molecule has 2 heterocycles. The van der Waals surface area contributed by atoms with Crippen molar-refractivity contribution in [2.24, 2.45) is 5.41 Å². The molecule has 6 heteroatoms. The second-order valence-corrected chi connectivity index (χ2v) is 7.01. The SMILES string of the molecule is CC(C)(C)OC(=O)N1CCC2(CC1)CN(CC(=O)O)C2. The van der Waals surface area contributed by atoms with E-state index >= 15 is 0 Å². The van der Waals surface area contributed by atoms with Crippen LogP contribution in [0.15, 0.2) is 0 Å². The fourth-order valence-corrected chi connectivity index (χ4v) is 3.01. The summed E-state index contributed by atoms with van der Waals surface area (Å²) in [4.78, 5) is 26.3. The Morgan fingerprint density at radius 2 is 1.75 bits per heavy atom. The lowest BCUT2D eigenvalue weighted by atomic mass is 9.72. The number of aliphatic carboxylic acids is 1. The van der Waals surface area contributed by atoms with Crippen molar-refractivity contribution in [3.05, 3.63) is 0 Å². The fourth-order valence-electron chi connectivity index (χ4n) is 3.01. The first-order valence-corrected chi connectivity index (χ1v) is 7.11. The van der Waals surface area contributed by atoms with Crippen LogP contribution in [0.25, 0.3) is 0 Å². The summed E-state index contributed by atoms with van der Waals surface area (Å²) in [5, 5.41) is 8.75. The summed E-state index contributed by atoms with van der Waals surface area (Å²) < 4.78 is 5.37. The Hall–Kier alpha value is -1.30. The largest absolute Gasteiger partial charge is 0.480 e. The zero-order valence-electron chi connectivity index (χ0n) is 12.5. The summed E-state index contributed by atoms with van der Waals surface area (Å²) in [5.41, 5.74) is -0.241. The van der Waals surface area contributed by atoms with Crippen molar-refractivity contribution in [2.75, 3.05) is 32.7 Å². The molecule has 2 rings (SSSR count). The van der Waals surface area contributed by atoms with Gasteiger partial charge < -0.3 is 14.7 Å². The van der Waals surface area contributed by atoms with Crippen LogP contribution in [0.4, 0.5) is 4.79 Å². The van der Waals surface area contributed by atoms with Crippen LogP contribution in [0.2, 0.25) is 0 Å². The zero-order valence-corrected chi connectivity index (χ0v) is 12.5. The van der Waals surface area contributed by atoms with E-state index in [4.69, 9.17) is 9.84 Å². The maximum absolute atomic E-state index is 12.0. The van der Waals surface area contributed by atoms with Gasteiger partial charge in [-0.3, -0.25) is 9.69 Å². The average Bonchev–Trinajstić information content (AvgIpc) is 2.24. The van der Waals surface area contributed by atoms with Gasteiger partial charge in [0.1, 0.15) is 5.60 Å². The molecular weight excluding hydrogens is 260 g/mol. The molecule has 0 saturated carbocycles. The molecule has 20 heavy (non-hydrogen) atoms. The highest BCUT2D eigenvalue weighted by Crippen LogP contribution is 2.40.